The van der Waals surface area contributed by atoms with E-state index in [9.17, 15) is 4.79 Å². The summed E-state index contributed by atoms with van der Waals surface area (Å²) in [6.45, 7) is 6.02. The first-order valence-corrected chi connectivity index (χ1v) is 6.23. The second kappa shape index (κ2) is 4.89. The van der Waals surface area contributed by atoms with Crippen molar-refractivity contribution in [2.24, 2.45) is 0 Å². The molecule has 0 spiro atoms. The van der Waals surface area contributed by atoms with Gasteiger partial charge < -0.3 is 10.3 Å². The molecular weight excluding hydrogens is 248 g/mol. The highest BCUT2D eigenvalue weighted by atomic mass is 32.1. The molecule has 0 unspecified atom stereocenters. The normalized spacial score (nSPS) is 11.1. The molecule has 2 heterocycles. The van der Waals surface area contributed by atoms with Crippen molar-refractivity contribution in [1.82, 2.24) is 19.9 Å². The van der Waals surface area contributed by atoms with E-state index in [1.54, 1.807) is 10.8 Å². The second-order valence-electron chi connectivity index (χ2n) is 4.56. The van der Waals surface area contributed by atoms with Crippen molar-refractivity contribution in [3.63, 3.8) is 0 Å². The van der Waals surface area contributed by atoms with Crippen molar-refractivity contribution < 1.29 is 4.79 Å². The number of rotatable bonds is 3. The monoisotopic (exact) mass is 264 g/mol. The Morgan fingerprint density at radius 3 is 3.00 bits per heavy atom. The maximum atomic E-state index is 11.8. The number of nitrogens with one attached hydrogen (secondary N) is 2. The number of nitrogens with zero attached hydrogens (tertiary/aromatic N) is 2. The van der Waals surface area contributed by atoms with Gasteiger partial charge >= 0.3 is 0 Å². The molecule has 0 aliphatic rings. The Bertz CT molecular complexity index is 641. The zero-order chi connectivity index (χ0) is 13.3. The third-order valence-corrected chi connectivity index (χ3v) is 2.95. The summed E-state index contributed by atoms with van der Waals surface area (Å²) in [6, 6.07) is 2.03. The lowest BCUT2D eigenvalue weighted by molar-refractivity contribution is -0.122. The van der Waals surface area contributed by atoms with Crippen molar-refractivity contribution in [3.05, 3.63) is 22.6 Å². The Balaban J connectivity index is 2.39. The maximum absolute atomic E-state index is 11.8. The Morgan fingerprint density at radius 1 is 1.61 bits per heavy atom. The van der Waals surface area contributed by atoms with E-state index in [1.807, 2.05) is 26.8 Å². The van der Waals surface area contributed by atoms with E-state index in [0.29, 0.717) is 4.77 Å². The van der Waals surface area contributed by atoms with Crippen LogP contribution in [0.3, 0.4) is 0 Å². The van der Waals surface area contributed by atoms with E-state index in [1.165, 1.54) is 0 Å². The first kappa shape index (κ1) is 12.8. The van der Waals surface area contributed by atoms with Gasteiger partial charge in [0.05, 0.1) is 5.52 Å². The topological polar surface area (TPSA) is 62.7 Å². The highest BCUT2D eigenvalue weighted by Crippen LogP contribution is 2.14. The van der Waals surface area contributed by atoms with Crippen molar-refractivity contribution >= 4 is 29.3 Å². The lowest BCUT2D eigenvalue weighted by atomic mass is 10.3. The molecule has 0 atom stereocenters. The van der Waals surface area contributed by atoms with Gasteiger partial charge in [-0.05, 0) is 44.6 Å². The predicted molar refractivity (Wildman–Crippen MR) is 72.9 cm³/mol. The number of aryl methyl sites for hydroxylation is 1. The van der Waals surface area contributed by atoms with Crippen LogP contribution < -0.4 is 5.32 Å². The van der Waals surface area contributed by atoms with E-state index in [-0.39, 0.29) is 18.5 Å². The minimum absolute atomic E-state index is 0.0645. The fourth-order valence-corrected chi connectivity index (χ4v) is 2.08. The van der Waals surface area contributed by atoms with Crippen LogP contribution in [0.15, 0.2) is 12.3 Å². The number of carbonyl (C=O) groups is 1. The van der Waals surface area contributed by atoms with Gasteiger partial charge in [-0.25, -0.2) is 4.98 Å². The number of fused-ring (bicyclic) bond motifs is 1. The molecule has 5 nitrogen and oxygen atoms in total. The average Bonchev–Trinajstić information content (AvgIpc) is 2.57. The number of imidazole rings is 1. The number of amides is 1. The number of carbonyl (C=O) groups excluding carboxylic acids is 1. The van der Waals surface area contributed by atoms with Gasteiger partial charge in [-0.2, -0.15) is 0 Å². The number of aromatic amines is 1. The molecular formula is C12H16N4OS. The SMILES string of the molecule is Cc1ccnc2c1[nH]c(=S)n2CC(=O)NC(C)C. The molecule has 96 valence electrons. The first-order valence-electron chi connectivity index (χ1n) is 5.82. The summed E-state index contributed by atoms with van der Waals surface area (Å²) in [7, 11) is 0. The summed E-state index contributed by atoms with van der Waals surface area (Å²) in [6.07, 6.45) is 1.72. The van der Waals surface area contributed by atoms with E-state index in [2.05, 4.69) is 15.3 Å². The fourth-order valence-electron chi connectivity index (χ4n) is 1.83. The van der Waals surface area contributed by atoms with Gasteiger partial charge in [0.15, 0.2) is 10.4 Å². The van der Waals surface area contributed by atoms with Crippen LogP contribution in [-0.2, 0) is 11.3 Å². The van der Waals surface area contributed by atoms with Crippen LogP contribution >= 0.6 is 12.2 Å². The molecule has 0 aliphatic heterocycles. The number of hydrogen-bond acceptors (Lipinski definition) is 3. The van der Waals surface area contributed by atoms with Gasteiger partial charge in [-0.3, -0.25) is 9.36 Å². The molecule has 0 aromatic carbocycles. The maximum Gasteiger partial charge on any atom is 0.240 e. The standard InChI is InChI=1S/C12H16N4OS/c1-7(2)14-9(17)6-16-11-10(15-12(16)18)8(3)4-5-13-11/h4-5,7H,6H2,1-3H3,(H,14,17)(H,15,18). The number of hydrogen-bond donors (Lipinski definition) is 2. The van der Waals surface area contributed by atoms with E-state index < -0.39 is 0 Å². The largest absolute Gasteiger partial charge is 0.352 e. The number of H-pyrrole nitrogens is 1. The molecule has 2 aromatic heterocycles. The van der Waals surface area contributed by atoms with Crippen LogP contribution in [-0.4, -0.2) is 26.5 Å². The van der Waals surface area contributed by atoms with Crippen LogP contribution in [0, 0.1) is 11.7 Å². The van der Waals surface area contributed by atoms with Crippen molar-refractivity contribution in [1.29, 1.82) is 0 Å². The molecule has 2 N–H and O–H groups in total. The van der Waals surface area contributed by atoms with E-state index in [0.717, 1.165) is 16.7 Å². The van der Waals surface area contributed by atoms with Crippen molar-refractivity contribution in [3.8, 4) is 0 Å². The van der Waals surface area contributed by atoms with Gasteiger partial charge in [0.2, 0.25) is 5.91 Å². The summed E-state index contributed by atoms with van der Waals surface area (Å²) in [5.74, 6) is -0.0645. The third-order valence-electron chi connectivity index (χ3n) is 2.62. The zero-order valence-electron chi connectivity index (χ0n) is 10.7. The van der Waals surface area contributed by atoms with Gasteiger partial charge in [-0.1, -0.05) is 0 Å². The fraction of sp³-hybridized carbons (Fsp3) is 0.417. The van der Waals surface area contributed by atoms with Gasteiger partial charge in [0.1, 0.15) is 6.54 Å². The zero-order valence-corrected chi connectivity index (χ0v) is 11.5. The van der Waals surface area contributed by atoms with Crippen molar-refractivity contribution in [2.45, 2.75) is 33.4 Å². The Labute approximate surface area is 110 Å². The quantitative estimate of drug-likeness (QED) is 0.833. The summed E-state index contributed by atoms with van der Waals surface area (Å²) < 4.78 is 2.24. The lowest BCUT2D eigenvalue weighted by Gasteiger charge is -2.09. The molecule has 2 rings (SSSR count). The van der Waals surface area contributed by atoms with Crippen LogP contribution in [0.25, 0.3) is 11.2 Å². The van der Waals surface area contributed by atoms with Crippen LogP contribution in [0.5, 0.6) is 0 Å². The second-order valence-corrected chi connectivity index (χ2v) is 4.95. The Kier molecular flexibility index (Phi) is 3.47. The summed E-state index contributed by atoms with van der Waals surface area (Å²) in [5, 5.41) is 2.84. The first-order chi connectivity index (χ1) is 8.49. The molecule has 0 bridgehead atoms. The molecule has 0 saturated heterocycles. The molecule has 0 fully saturated rings. The molecule has 18 heavy (non-hydrogen) atoms. The third kappa shape index (κ3) is 2.43. The van der Waals surface area contributed by atoms with Crippen LogP contribution in [0.1, 0.15) is 19.4 Å². The number of pyridine rings is 1. The lowest BCUT2D eigenvalue weighted by Crippen LogP contribution is -2.33. The van der Waals surface area contributed by atoms with E-state index >= 15 is 0 Å². The molecule has 2 aromatic rings. The summed E-state index contributed by atoms with van der Waals surface area (Å²) >= 11 is 5.23. The van der Waals surface area contributed by atoms with Gasteiger partial charge in [-0.15, -0.1) is 0 Å². The molecule has 0 aliphatic carbocycles. The predicted octanol–water partition coefficient (Wildman–Crippen LogP) is 1.93. The molecule has 0 radical (unpaired) electrons. The van der Waals surface area contributed by atoms with Gasteiger partial charge in [0.25, 0.3) is 0 Å². The number of aromatic nitrogens is 3. The summed E-state index contributed by atoms with van der Waals surface area (Å²) in [5.41, 5.74) is 2.67. The van der Waals surface area contributed by atoms with Crippen molar-refractivity contribution in [2.75, 3.05) is 0 Å². The van der Waals surface area contributed by atoms with Gasteiger partial charge in [0, 0.05) is 12.2 Å². The summed E-state index contributed by atoms with van der Waals surface area (Å²) in [4.78, 5) is 19.2. The molecule has 6 heteroatoms. The Hall–Kier alpha value is -1.69. The average molecular weight is 264 g/mol. The van der Waals surface area contributed by atoms with E-state index in [4.69, 9.17) is 12.2 Å². The van der Waals surface area contributed by atoms with Crippen LogP contribution in [0.4, 0.5) is 0 Å². The molecule has 0 saturated carbocycles. The Morgan fingerprint density at radius 2 is 2.33 bits per heavy atom. The minimum Gasteiger partial charge on any atom is -0.352 e. The molecule has 1 amide bonds. The highest BCUT2D eigenvalue weighted by Gasteiger charge is 2.11. The minimum atomic E-state index is -0.0645. The van der Waals surface area contributed by atoms with Crippen LogP contribution in [0.2, 0.25) is 0 Å². The smallest absolute Gasteiger partial charge is 0.240 e. The highest BCUT2D eigenvalue weighted by molar-refractivity contribution is 7.71.